The van der Waals surface area contributed by atoms with Crippen LogP contribution in [0, 0.1) is 5.92 Å². The van der Waals surface area contributed by atoms with Crippen molar-refractivity contribution in [3.05, 3.63) is 23.9 Å². The number of hydrogen-bond acceptors (Lipinski definition) is 4. The van der Waals surface area contributed by atoms with Gasteiger partial charge in [-0.05, 0) is 17.5 Å². The van der Waals surface area contributed by atoms with Crippen molar-refractivity contribution in [1.29, 1.82) is 0 Å². The molecule has 0 aliphatic carbocycles. The predicted molar refractivity (Wildman–Crippen MR) is 73.0 cm³/mol. The van der Waals surface area contributed by atoms with E-state index < -0.39 is 6.04 Å². The molecule has 1 atom stereocenters. The van der Waals surface area contributed by atoms with Crippen molar-refractivity contribution in [1.82, 2.24) is 15.2 Å². The molecule has 1 aliphatic rings. The number of rotatable bonds is 4. The maximum atomic E-state index is 12.1. The zero-order valence-electron chi connectivity index (χ0n) is 11.9. The van der Waals surface area contributed by atoms with Gasteiger partial charge in [0.05, 0.1) is 13.7 Å². The normalized spacial score (nSPS) is 19.2. The summed E-state index contributed by atoms with van der Waals surface area (Å²) >= 11 is 0. The molecule has 0 bridgehead atoms. The predicted octanol–water partition coefficient (Wildman–Crippen LogP) is 0.573. The number of amides is 2. The standard InChI is InChI=1S/C14H19N3O3/c1-9(2)13-14(19)16-7-12(18)17(13)8-10-4-5-15-11(6-10)20-3/h4-6,9,13H,7-8H2,1-3H3,(H,16,19). The van der Waals surface area contributed by atoms with Crippen molar-refractivity contribution in [3.8, 4) is 5.88 Å². The Balaban J connectivity index is 2.23. The third-order valence-corrected chi connectivity index (χ3v) is 3.33. The van der Waals surface area contributed by atoms with Gasteiger partial charge in [0.15, 0.2) is 0 Å². The van der Waals surface area contributed by atoms with Gasteiger partial charge in [-0.25, -0.2) is 4.98 Å². The maximum Gasteiger partial charge on any atom is 0.243 e. The van der Waals surface area contributed by atoms with E-state index in [-0.39, 0.29) is 24.3 Å². The van der Waals surface area contributed by atoms with Crippen LogP contribution in [0.2, 0.25) is 0 Å². The molecule has 6 heteroatoms. The number of carbonyl (C=O) groups excluding carboxylic acids is 2. The van der Waals surface area contributed by atoms with E-state index in [0.29, 0.717) is 12.4 Å². The van der Waals surface area contributed by atoms with Gasteiger partial charge in [0.2, 0.25) is 17.7 Å². The number of piperazine rings is 1. The highest BCUT2D eigenvalue weighted by atomic mass is 16.5. The van der Waals surface area contributed by atoms with Crippen LogP contribution in [0.25, 0.3) is 0 Å². The third-order valence-electron chi connectivity index (χ3n) is 3.33. The number of hydrogen-bond donors (Lipinski definition) is 1. The Kier molecular flexibility index (Phi) is 4.22. The quantitative estimate of drug-likeness (QED) is 0.873. The van der Waals surface area contributed by atoms with E-state index in [1.165, 1.54) is 0 Å². The Morgan fingerprint density at radius 3 is 2.90 bits per heavy atom. The van der Waals surface area contributed by atoms with Crippen molar-refractivity contribution in [2.45, 2.75) is 26.4 Å². The van der Waals surface area contributed by atoms with Crippen LogP contribution in [-0.2, 0) is 16.1 Å². The minimum absolute atomic E-state index is 0.0583. The first-order valence-corrected chi connectivity index (χ1v) is 6.59. The molecule has 0 saturated carbocycles. The summed E-state index contributed by atoms with van der Waals surface area (Å²) in [6, 6.07) is 3.16. The van der Waals surface area contributed by atoms with Gasteiger partial charge in [-0.1, -0.05) is 13.8 Å². The summed E-state index contributed by atoms with van der Waals surface area (Å²) < 4.78 is 5.07. The van der Waals surface area contributed by atoms with Crippen molar-refractivity contribution in [2.24, 2.45) is 5.92 Å². The van der Waals surface area contributed by atoms with E-state index in [0.717, 1.165) is 5.56 Å². The molecule has 0 spiro atoms. The molecule has 20 heavy (non-hydrogen) atoms. The van der Waals surface area contributed by atoms with E-state index in [9.17, 15) is 9.59 Å². The molecule has 1 aromatic heterocycles. The van der Waals surface area contributed by atoms with Gasteiger partial charge in [0.25, 0.3) is 0 Å². The lowest BCUT2D eigenvalue weighted by molar-refractivity contribution is -0.148. The minimum atomic E-state index is -0.435. The number of aromatic nitrogens is 1. The molecule has 108 valence electrons. The highest BCUT2D eigenvalue weighted by Crippen LogP contribution is 2.19. The molecular weight excluding hydrogens is 258 g/mol. The van der Waals surface area contributed by atoms with E-state index in [1.54, 1.807) is 24.3 Å². The molecule has 1 N–H and O–H groups in total. The van der Waals surface area contributed by atoms with E-state index >= 15 is 0 Å². The highest BCUT2D eigenvalue weighted by Gasteiger charge is 2.36. The van der Waals surface area contributed by atoms with E-state index in [4.69, 9.17) is 4.74 Å². The van der Waals surface area contributed by atoms with Gasteiger partial charge in [0.1, 0.15) is 6.04 Å². The maximum absolute atomic E-state index is 12.1. The molecule has 2 heterocycles. The average Bonchev–Trinajstić information content (AvgIpc) is 2.43. The van der Waals surface area contributed by atoms with Gasteiger partial charge in [0, 0.05) is 18.8 Å². The van der Waals surface area contributed by atoms with Crippen LogP contribution in [0.4, 0.5) is 0 Å². The number of methoxy groups -OCH3 is 1. The molecule has 1 saturated heterocycles. The third kappa shape index (κ3) is 2.89. The second-order valence-corrected chi connectivity index (χ2v) is 5.13. The summed E-state index contributed by atoms with van der Waals surface area (Å²) in [6.45, 7) is 4.31. The van der Waals surface area contributed by atoms with Crippen molar-refractivity contribution in [2.75, 3.05) is 13.7 Å². The largest absolute Gasteiger partial charge is 0.481 e. The number of pyridine rings is 1. The van der Waals surface area contributed by atoms with Crippen LogP contribution in [0.15, 0.2) is 18.3 Å². The lowest BCUT2D eigenvalue weighted by Crippen LogP contribution is -2.59. The van der Waals surface area contributed by atoms with Crippen LogP contribution >= 0.6 is 0 Å². The number of carbonyl (C=O) groups is 2. The average molecular weight is 277 g/mol. The lowest BCUT2D eigenvalue weighted by Gasteiger charge is -2.37. The first-order chi connectivity index (χ1) is 9.52. The Bertz CT molecular complexity index is 516. The monoisotopic (exact) mass is 277 g/mol. The van der Waals surface area contributed by atoms with E-state index in [2.05, 4.69) is 10.3 Å². The highest BCUT2D eigenvalue weighted by molar-refractivity contribution is 5.94. The fourth-order valence-corrected chi connectivity index (χ4v) is 2.37. The van der Waals surface area contributed by atoms with E-state index in [1.807, 2.05) is 19.9 Å². The Morgan fingerprint density at radius 2 is 2.25 bits per heavy atom. The molecule has 1 unspecified atom stereocenters. The molecule has 1 fully saturated rings. The second-order valence-electron chi connectivity index (χ2n) is 5.13. The van der Waals surface area contributed by atoms with Crippen LogP contribution in [0.3, 0.4) is 0 Å². The fraction of sp³-hybridized carbons (Fsp3) is 0.500. The molecule has 1 aromatic rings. The molecule has 6 nitrogen and oxygen atoms in total. The summed E-state index contributed by atoms with van der Waals surface area (Å²) in [5, 5.41) is 2.63. The van der Waals surface area contributed by atoms with Crippen molar-refractivity contribution >= 4 is 11.8 Å². The first-order valence-electron chi connectivity index (χ1n) is 6.59. The molecule has 2 amide bonds. The van der Waals surface area contributed by atoms with Crippen LogP contribution < -0.4 is 10.1 Å². The number of ether oxygens (including phenoxy) is 1. The van der Waals surface area contributed by atoms with Crippen molar-refractivity contribution < 1.29 is 14.3 Å². The zero-order chi connectivity index (χ0) is 14.7. The summed E-state index contributed by atoms with van der Waals surface area (Å²) in [5.74, 6) is 0.389. The Hall–Kier alpha value is -2.11. The zero-order valence-corrected chi connectivity index (χ0v) is 11.9. The summed E-state index contributed by atoms with van der Waals surface area (Å²) in [4.78, 5) is 29.7. The smallest absolute Gasteiger partial charge is 0.243 e. The molecule has 0 radical (unpaired) electrons. The summed E-state index contributed by atoms with van der Waals surface area (Å²) in [7, 11) is 1.54. The number of nitrogens with zero attached hydrogens (tertiary/aromatic N) is 2. The van der Waals surface area contributed by atoms with Gasteiger partial charge in [-0.15, -0.1) is 0 Å². The molecular formula is C14H19N3O3. The second kappa shape index (κ2) is 5.90. The van der Waals surface area contributed by atoms with Gasteiger partial charge < -0.3 is 15.0 Å². The van der Waals surface area contributed by atoms with Crippen LogP contribution in [0.1, 0.15) is 19.4 Å². The summed E-state index contributed by atoms with van der Waals surface area (Å²) in [6.07, 6.45) is 1.63. The Morgan fingerprint density at radius 1 is 1.50 bits per heavy atom. The Labute approximate surface area is 118 Å². The van der Waals surface area contributed by atoms with Gasteiger partial charge in [-0.3, -0.25) is 9.59 Å². The number of nitrogens with one attached hydrogen (secondary N) is 1. The minimum Gasteiger partial charge on any atom is -0.481 e. The first kappa shape index (κ1) is 14.3. The van der Waals surface area contributed by atoms with Gasteiger partial charge in [-0.2, -0.15) is 0 Å². The van der Waals surface area contributed by atoms with Crippen molar-refractivity contribution in [3.63, 3.8) is 0 Å². The fourth-order valence-electron chi connectivity index (χ4n) is 2.37. The molecule has 0 aromatic carbocycles. The lowest BCUT2D eigenvalue weighted by atomic mass is 9.99. The topological polar surface area (TPSA) is 71.5 Å². The van der Waals surface area contributed by atoms with Crippen LogP contribution in [-0.4, -0.2) is 41.4 Å². The molecule has 2 rings (SSSR count). The molecule has 1 aliphatic heterocycles. The SMILES string of the molecule is COc1cc(CN2C(=O)CNC(=O)C2C(C)C)ccn1. The van der Waals surface area contributed by atoms with Crippen LogP contribution in [0.5, 0.6) is 5.88 Å². The van der Waals surface area contributed by atoms with Gasteiger partial charge >= 0.3 is 0 Å². The summed E-state index contributed by atoms with van der Waals surface area (Å²) in [5.41, 5.74) is 0.894.